The van der Waals surface area contributed by atoms with Crippen molar-refractivity contribution in [3.63, 3.8) is 0 Å². The zero-order valence-corrected chi connectivity index (χ0v) is 20.9. The Balaban J connectivity index is 0.00000450. The molecule has 8 nitrogen and oxygen atoms in total. The number of aliphatic imine (C=N–C) groups is 1. The highest BCUT2D eigenvalue weighted by Gasteiger charge is 2.09. The Morgan fingerprint density at radius 3 is 2.87 bits per heavy atom. The molecule has 0 aliphatic carbocycles. The number of methoxy groups -OCH3 is 1. The predicted octanol–water partition coefficient (Wildman–Crippen LogP) is 3.07. The van der Waals surface area contributed by atoms with E-state index < -0.39 is 0 Å². The van der Waals surface area contributed by atoms with Crippen LogP contribution in [-0.2, 0) is 11.2 Å². The van der Waals surface area contributed by atoms with Crippen LogP contribution in [0.25, 0.3) is 11.4 Å². The van der Waals surface area contributed by atoms with Crippen LogP contribution >= 0.6 is 35.6 Å². The normalized spacial score (nSPS) is 11.4. The summed E-state index contributed by atoms with van der Waals surface area (Å²) in [6.07, 6.45) is 1.63. The largest absolute Gasteiger partial charge is 0.385 e. The Bertz CT molecular complexity index is 758. The van der Waals surface area contributed by atoms with Gasteiger partial charge in [-0.1, -0.05) is 28.9 Å². The van der Waals surface area contributed by atoms with Crippen LogP contribution in [0, 0.1) is 0 Å². The van der Waals surface area contributed by atoms with E-state index in [1.807, 2.05) is 31.2 Å². The van der Waals surface area contributed by atoms with Crippen LogP contribution < -0.4 is 10.6 Å². The summed E-state index contributed by atoms with van der Waals surface area (Å²) in [4.78, 5) is 11.3. The van der Waals surface area contributed by atoms with Gasteiger partial charge >= 0.3 is 0 Å². The molecule has 168 valence electrons. The molecule has 2 aromatic rings. The van der Waals surface area contributed by atoms with Crippen LogP contribution in [-0.4, -0.2) is 74.5 Å². The molecule has 2 rings (SSSR count). The SMILES string of the molecule is CCNC(=NCCN(C)CCCOC)NCCc1nc(-c2cccc(Cl)c2)no1.I. The van der Waals surface area contributed by atoms with Crippen molar-refractivity contribution in [2.75, 3.05) is 53.5 Å². The Kier molecular flexibility index (Phi) is 13.6. The molecule has 0 radical (unpaired) electrons. The smallest absolute Gasteiger partial charge is 0.228 e. The number of halogens is 2. The summed E-state index contributed by atoms with van der Waals surface area (Å²) in [5.41, 5.74) is 0.838. The third-order valence-corrected chi connectivity index (χ3v) is 4.40. The molecule has 1 aromatic carbocycles. The first-order valence-electron chi connectivity index (χ1n) is 9.90. The number of aromatic nitrogens is 2. The zero-order chi connectivity index (χ0) is 20.9. The predicted molar refractivity (Wildman–Crippen MR) is 132 cm³/mol. The van der Waals surface area contributed by atoms with Crippen molar-refractivity contribution in [3.8, 4) is 11.4 Å². The number of ether oxygens (including phenoxy) is 1. The number of nitrogens with zero attached hydrogens (tertiary/aromatic N) is 4. The molecule has 0 atom stereocenters. The van der Waals surface area contributed by atoms with E-state index in [1.165, 1.54) is 0 Å². The first-order chi connectivity index (χ1) is 14.1. The number of guanidine groups is 1. The van der Waals surface area contributed by atoms with Gasteiger partial charge in [-0.3, -0.25) is 4.99 Å². The summed E-state index contributed by atoms with van der Waals surface area (Å²) < 4.78 is 10.4. The van der Waals surface area contributed by atoms with Gasteiger partial charge in [0.2, 0.25) is 11.7 Å². The van der Waals surface area contributed by atoms with Gasteiger partial charge < -0.3 is 24.8 Å². The van der Waals surface area contributed by atoms with Crippen LogP contribution in [0.15, 0.2) is 33.8 Å². The van der Waals surface area contributed by atoms with Crippen molar-refractivity contribution in [1.29, 1.82) is 0 Å². The maximum absolute atomic E-state index is 6.02. The van der Waals surface area contributed by atoms with Crippen LogP contribution in [0.3, 0.4) is 0 Å². The maximum Gasteiger partial charge on any atom is 0.228 e. The van der Waals surface area contributed by atoms with Crippen molar-refractivity contribution >= 4 is 41.5 Å². The lowest BCUT2D eigenvalue weighted by atomic mass is 10.2. The molecule has 0 saturated heterocycles. The second-order valence-corrected chi connectivity index (χ2v) is 7.05. The second-order valence-electron chi connectivity index (χ2n) is 6.61. The van der Waals surface area contributed by atoms with E-state index in [4.69, 9.17) is 20.9 Å². The van der Waals surface area contributed by atoms with Gasteiger partial charge in [-0.25, -0.2) is 0 Å². The number of rotatable bonds is 12. The highest BCUT2D eigenvalue weighted by Crippen LogP contribution is 2.19. The second kappa shape index (κ2) is 15.4. The third-order valence-electron chi connectivity index (χ3n) is 4.17. The van der Waals surface area contributed by atoms with E-state index in [0.717, 1.165) is 50.7 Å². The summed E-state index contributed by atoms with van der Waals surface area (Å²) in [6.45, 7) is 6.89. The van der Waals surface area contributed by atoms with Crippen molar-refractivity contribution in [2.45, 2.75) is 19.8 Å². The molecule has 0 aliphatic rings. The minimum absolute atomic E-state index is 0. The van der Waals surface area contributed by atoms with Gasteiger partial charge in [-0.15, -0.1) is 24.0 Å². The fourth-order valence-corrected chi connectivity index (χ4v) is 2.84. The van der Waals surface area contributed by atoms with Gasteiger partial charge in [0.25, 0.3) is 0 Å². The fourth-order valence-electron chi connectivity index (χ4n) is 2.65. The summed E-state index contributed by atoms with van der Waals surface area (Å²) in [7, 11) is 3.82. The maximum atomic E-state index is 6.02. The average Bonchev–Trinajstić information content (AvgIpc) is 3.17. The number of hydrogen-bond donors (Lipinski definition) is 2. The van der Waals surface area contributed by atoms with Gasteiger partial charge in [-0.2, -0.15) is 4.98 Å². The molecule has 0 amide bonds. The van der Waals surface area contributed by atoms with Crippen molar-refractivity contribution in [1.82, 2.24) is 25.7 Å². The van der Waals surface area contributed by atoms with E-state index in [0.29, 0.717) is 29.7 Å². The molecule has 0 aliphatic heterocycles. The number of nitrogens with one attached hydrogen (secondary N) is 2. The lowest BCUT2D eigenvalue weighted by Crippen LogP contribution is -2.39. The van der Waals surface area contributed by atoms with Gasteiger partial charge in [0.15, 0.2) is 5.96 Å². The molecule has 0 saturated carbocycles. The Hall–Kier alpha value is -1.43. The molecule has 0 unspecified atom stereocenters. The number of hydrogen-bond acceptors (Lipinski definition) is 6. The first kappa shape index (κ1) is 26.6. The molecule has 0 fully saturated rings. The Morgan fingerprint density at radius 1 is 1.30 bits per heavy atom. The van der Waals surface area contributed by atoms with E-state index in [2.05, 4.69) is 37.7 Å². The van der Waals surface area contributed by atoms with Crippen molar-refractivity contribution < 1.29 is 9.26 Å². The Labute approximate surface area is 200 Å². The first-order valence-corrected chi connectivity index (χ1v) is 10.3. The minimum atomic E-state index is 0. The minimum Gasteiger partial charge on any atom is -0.385 e. The molecule has 10 heteroatoms. The van der Waals surface area contributed by atoms with Crippen LogP contribution in [0.1, 0.15) is 19.2 Å². The lowest BCUT2D eigenvalue weighted by Gasteiger charge is -2.16. The van der Waals surface area contributed by atoms with Gasteiger partial charge in [0, 0.05) is 56.9 Å². The molecular formula is C20H32ClIN6O2. The molecule has 0 spiro atoms. The van der Waals surface area contributed by atoms with Crippen LogP contribution in [0.2, 0.25) is 5.02 Å². The standard InChI is InChI=1S/C20H31ClN6O2.HI/c1-4-22-20(24-11-13-27(2)12-6-14-28-3)23-10-9-18-25-19(26-29-18)16-7-5-8-17(21)15-16;/h5,7-8,15H,4,6,9-14H2,1-3H3,(H2,22,23,24);1H. The highest BCUT2D eigenvalue weighted by atomic mass is 127. The van der Waals surface area contributed by atoms with Crippen LogP contribution in [0.5, 0.6) is 0 Å². The van der Waals surface area contributed by atoms with Crippen molar-refractivity contribution in [2.24, 2.45) is 4.99 Å². The Morgan fingerprint density at radius 2 is 2.13 bits per heavy atom. The quantitative estimate of drug-likeness (QED) is 0.182. The number of benzene rings is 1. The van der Waals surface area contributed by atoms with Crippen LogP contribution in [0.4, 0.5) is 0 Å². The summed E-state index contributed by atoms with van der Waals surface area (Å²) in [5, 5.41) is 11.2. The highest BCUT2D eigenvalue weighted by molar-refractivity contribution is 14.0. The molecule has 1 aromatic heterocycles. The van der Waals surface area contributed by atoms with Gasteiger partial charge in [-0.05, 0) is 32.5 Å². The zero-order valence-electron chi connectivity index (χ0n) is 17.9. The number of likely N-dealkylation sites (N-methyl/N-ethyl adjacent to an activating group) is 1. The fraction of sp³-hybridized carbons (Fsp3) is 0.550. The van der Waals surface area contributed by atoms with Gasteiger partial charge in [0.1, 0.15) is 0 Å². The summed E-state index contributed by atoms with van der Waals surface area (Å²) >= 11 is 6.02. The molecule has 0 bridgehead atoms. The monoisotopic (exact) mass is 550 g/mol. The molecule has 30 heavy (non-hydrogen) atoms. The van der Waals surface area contributed by atoms with E-state index in [9.17, 15) is 0 Å². The molecular weight excluding hydrogens is 519 g/mol. The van der Waals surface area contributed by atoms with E-state index in [1.54, 1.807) is 7.11 Å². The summed E-state index contributed by atoms with van der Waals surface area (Å²) in [5.74, 6) is 1.90. The van der Waals surface area contributed by atoms with E-state index >= 15 is 0 Å². The topological polar surface area (TPSA) is 87.8 Å². The van der Waals surface area contributed by atoms with E-state index in [-0.39, 0.29) is 24.0 Å². The summed E-state index contributed by atoms with van der Waals surface area (Å²) in [6, 6.07) is 7.40. The molecule has 1 heterocycles. The average molecular weight is 551 g/mol. The lowest BCUT2D eigenvalue weighted by molar-refractivity contribution is 0.180. The van der Waals surface area contributed by atoms with Gasteiger partial charge in [0.05, 0.1) is 6.54 Å². The third kappa shape index (κ3) is 10.1. The molecule has 2 N–H and O–H groups in total. The van der Waals surface area contributed by atoms with Crippen molar-refractivity contribution in [3.05, 3.63) is 35.2 Å².